The van der Waals surface area contributed by atoms with Gasteiger partial charge in [-0.05, 0) is 25.0 Å². The molecule has 19 heavy (non-hydrogen) atoms. The van der Waals surface area contributed by atoms with Crippen LogP contribution in [-0.2, 0) is 4.74 Å². The van der Waals surface area contributed by atoms with Gasteiger partial charge in [0.25, 0.3) is 5.91 Å². The number of likely N-dealkylation sites (tertiary alicyclic amines) is 1. The number of nitrogens with zero attached hydrogens (tertiary/aromatic N) is 1. The van der Waals surface area contributed by atoms with Crippen molar-refractivity contribution in [1.82, 2.24) is 4.90 Å². The van der Waals surface area contributed by atoms with Crippen LogP contribution in [0.3, 0.4) is 0 Å². The second-order valence-electron chi connectivity index (χ2n) is 4.87. The Hall–Kier alpha value is -1.55. The highest BCUT2D eigenvalue weighted by Crippen LogP contribution is 2.21. The van der Waals surface area contributed by atoms with Gasteiger partial charge in [-0.25, -0.2) is 0 Å². The number of methoxy groups -OCH3 is 1. The van der Waals surface area contributed by atoms with Crippen molar-refractivity contribution in [3.8, 4) is 0 Å². The summed E-state index contributed by atoms with van der Waals surface area (Å²) < 4.78 is 5.31. The Bertz CT molecular complexity index is 434. The molecule has 1 atom stereocenters. The van der Waals surface area contributed by atoms with Gasteiger partial charge in [0.2, 0.25) is 0 Å². The zero-order valence-corrected chi connectivity index (χ0v) is 11.7. The molecule has 104 valence electrons. The van der Waals surface area contributed by atoms with Crippen LogP contribution in [0.4, 0.5) is 5.69 Å². The first kappa shape index (κ1) is 13.9. The predicted molar refractivity (Wildman–Crippen MR) is 76.5 cm³/mol. The number of para-hydroxylation sites is 1. The number of carbonyl (C=O) groups excluding carboxylic acids is 1. The van der Waals surface area contributed by atoms with E-state index in [0.717, 1.165) is 37.2 Å². The summed E-state index contributed by atoms with van der Waals surface area (Å²) >= 11 is 0. The van der Waals surface area contributed by atoms with Crippen LogP contribution in [0.15, 0.2) is 24.3 Å². The Kier molecular flexibility index (Phi) is 4.80. The van der Waals surface area contributed by atoms with Crippen molar-refractivity contribution in [3.63, 3.8) is 0 Å². The van der Waals surface area contributed by atoms with Gasteiger partial charge in [-0.1, -0.05) is 19.1 Å². The Morgan fingerprint density at radius 2 is 2.26 bits per heavy atom. The maximum Gasteiger partial charge on any atom is 0.256 e. The van der Waals surface area contributed by atoms with Crippen LogP contribution in [0.2, 0.25) is 0 Å². The van der Waals surface area contributed by atoms with Gasteiger partial charge < -0.3 is 15.0 Å². The van der Waals surface area contributed by atoms with Crippen LogP contribution < -0.4 is 5.32 Å². The lowest BCUT2D eigenvalue weighted by atomic mass is 10.1. The first-order chi connectivity index (χ1) is 9.26. The standard InChI is InChI=1S/C15H22N2O2/c1-3-9-16-14-7-5-4-6-13(14)15(18)17-10-8-12(11-17)19-2/h4-7,12,16H,3,8-11H2,1-2H3. The lowest BCUT2D eigenvalue weighted by Gasteiger charge is -2.18. The van der Waals surface area contributed by atoms with Crippen LogP contribution >= 0.6 is 0 Å². The number of hydrogen-bond acceptors (Lipinski definition) is 3. The second-order valence-corrected chi connectivity index (χ2v) is 4.87. The van der Waals surface area contributed by atoms with E-state index in [1.165, 1.54) is 0 Å². The highest BCUT2D eigenvalue weighted by molar-refractivity contribution is 5.99. The van der Waals surface area contributed by atoms with E-state index < -0.39 is 0 Å². The molecule has 1 aliphatic rings. The quantitative estimate of drug-likeness (QED) is 0.885. The van der Waals surface area contributed by atoms with E-state index in [-0.39, 0.29) is 12.0 Å². The SMILES string of the molecule is CCCNc1ccccc1C(=O)N1CCC(OC)C1. The molecule has 1 N–H and O–H groups in total. The minimum atomic E-state index is 0.0961. The van der Waals surface area contributed by atoms with Crippen molar-refractivity contribution in [2.45, 2.75) is 25.9 Å². The van der Waals surface area contributed by atoms with Crippen molar-refractivity contribution in [2.75, 3.05) is 32.1 Å². The molecule has 1 heterocycles. The van der Waals surface area contributed by atoms with E-state index >= 15 is 0 Å². The molecule has 1 aromatic carbocycles. The van der Waals surface area contributed by atoms with Crippen molar-refractivity contribution in [1.29, 1.82) is 0 Å². The van der Waals surface area contributed by atoms with Crippen molar-refractivity contribution >= 4 is 11.6 Å². The third kappa shape index (κ3) is 3.26. The number of hydrogen-bond donors (Lipinski definition) is 1. The van der Waals surface area contributed by atoms with Crippen LogP contribution in [0, 0.1) is 0 Å². The Balaban J connectivity index is 2.10. The highest BCUT2D eigenvalue weighted by Gasteiger charge is 2.27. The average Bonchev–Trinajstić information content (AvgIpc) is 2.93. The van der Waals surface area contributed by atoms with E-state index in [0.29, 0.717) is 6.54 Å². The molecule has 1 unspecified atom stereocenters. The summed E-state index contributed by atoms with van der Waals surface area (Å²) in [4.78, 5) is 14.4. The molecule has 1 aliphatic heterocycles. The molecule has 4 nitrogen and oxygen atoms in total. The molecule has 0 aliphatic carbocycles. The summed E-state index contributed by atoms with van der Waals surface area (Å²) in [5.74, 6) is 0.0961. The smallest absolute Gasteiger partial charge is 0.256 e. The van der Waals surface area contributed by atoms with E-state index in [9.17, 15) is 4.79 Å². The number of anilines is 1. The summed E-state index contributed by atoms with van der Waals surface area (Å²) in [5, 5.41) is 3.31. The number of nitrogens with one attached hydrogen (secondary N) is 1. The van der Waals surface area contributed by atoms with Gasteiger partial charge in [-0.3, -0.25) is 4.79 Å². The molecule has 0 aromatic heterocycles. The minimum absolute atomic E-state index is 0.0961. The van der Waals surface area contributed by atoms with Gasteiger partial charge in [-0.2, -0.15) is 0 Å². The molecule has 1 saturated heterocycles. The summed E-state index contributed by atoms with van der Waals surface area (Å²) in [7, 11) is 1.70. The molecule has 1 aromatic rings. The van der Waals surface area contributed by atoms with Crippen molar-refractivity contribution < 1.29 is 9.53 Å². The molecule has 4 heteroatoms. The van der Waals surface area contributed by atoms with Crippen LogP contribution in [0.5, 0.6) is 0 Å². The van der Waals surface area contributed by atoms with Crippen LogP contribution in [0.1, 0.15) is 30.1 Å². The van der Waals surface area contributed by atoms with Gasteiger partial charge in [0, 0.05) is 32.4 Å². The third-order valence-corrected chi connectivity index (χ3v) is 3.49. The molecular formula is C15H22N2O2. The second kappa shape index (κ2) is 6.57. The molecule has 0 spiro atoms. The largest absolute Gasteiger partial charge is 0.384 e. The fraction of sp³-hybridized carbons (Fsp3) is 0.533. The summed E-state index contributed by atoms with van der Waals surface area (Å²) in [6.07, 6.45) is 2.14. The first-order valence-electron chi connectivity index (χ1n) is 6.91. The predicted octanol–water partition coefficient (Wildman–Crippen LogP) is 2.37. The lowest BCUT2D eigenvalue weighted by molar-refractivity contribution is 0.0725. The number of ether oxygens (including phenoxy) is 1. The fourth-order valence-electron chi connectivity index (χ4n) is 2.36. The number of rotatable bonds is 5. The molecule has 0 radical (unpaired) electrons. The topological polar surface area (TPSA) is 41.6 Å². The number of benzene rings is 1. The summed E-state index contributed by atoms with van der Waals surface area (Å²) in [5.41, 5.74) is 1.68. The van der Waals surface area contributed by atoms with Gasteiger partial charge in [0.15, 0.2) is 0 Å². The highest BCUT2D eigenvalue weighted by atomic mass is 16.5. The summed E-state index contributed by atoms with van der Waals surface area (Å²) in [6, 6.07) is 7.72. The van der Waals surface area contributed by atoms with E-state index in [1.807, 2.05) is 29.2 Å². The number of amides is 1. The van der Waals surface area contributed by atoms with Gasteiger partial charge in [0.05, 0.1) is 11.7 Å². The maximum absolute atomic E-state index is 12.5. The Morgan fingerprint density at radius 1 is 1.47 bits per heavy atom. The molecule has 1 amide bonds. The normalized spacial score (nSPS) is 18.6. The van der Waals surface area contributed by atoms with Crippen LogP contribution in [-0.4, -0.2) is 43.7 Å². The molecule has 0 bridgehead atoms. The molecule has 0 saturated carbocycles. The number of carbonyl (C=O) groups is 1. The van der Waals surface area contributed by atoms with Gasteiger partial charge in [0.1, 0.15) is 0 Å². The van der Waals surface area contributed by atoms with Crippen molar-refractivity contribution in [2.24, 2.45) is 0 Å². The van der Waals surface area contributed by atoms with E-state index in [2.05, 4.69) is 12.2 Å². The van der Waals surface area contributed by atoms with Crippen molar-refractivity contribution in [3.05, 3.63) is 29.8 Å². The summed E-state index contributed by atoms with van der Waals surface area (Å²) in [6.45, 7) is 4.46. The molecule has 1 fully saturated rings. The van der Waals surface area contributed by atoms with E-state index in [4.69, 9.17) is 4.74 Å². The minimum Gasteiger partial charge on any atom is -0.384 e. The first-order valence-corrected chi connectivity index (χ1v) is 6.91. The third-order valence-electron chi connectivity index (χ3n) is 3.49. The fourth-order valence-corrected chi connectivity index (χ4v) is 2.36. The Labute approximate surface area is 114 Å². The average molecular weight is 262 g/mol. The Morgan fingerprint density at radius 3 is 2.95 bits per heavy atom. The monoisotopic (exact) mass is 262 g/mol. The zero-order valence-electron chi connectivity index (χ0n) is 11.7. The van der Waals surface area contributed by atoms with Gasteiger partial charge in [-0.15, -0.1) is 0 Å². The van der Waals surface area contributed by atoms with E-state index in [1.54, 1.807) is 7.11 Å². The molecular weight excluding hydrogens is 240 g/mol. The zero-order chi connectivity index (χ0) is 13.7. The maximum atomic E-state index is 12.5. The van der Waals surface area contributed by atoms with Gasteiger partial charge >= 0.3 is 0 Å². The van der Waals surface area contributed by atoms with Crippen LogP contribution in [0.25, 0.3) is 0 Å². The molecule has 2 rings (SSSR count). The lowest BCUT2D eigenvalue weighted by Crippen LogP contribution is -2.30.